The highest BCUT2D eigenvalue weighted by atomic mass is 32.1. The Morgan fingerprint density at radius 3 is 2.48 bits per heavy atom. The van der Waals surface area contributed by atoms with Crippen molar-refractivity contribution in [1.29, 1.82) is 0 Å². The summed E-state index contributed by atoms with van der Waals surface area (Å²) in [7, 11) is 3.89. The Balaban J connectivity index is 1.99. The summed E-state index contributed by atoms with van der Waals surface area (Å²) in [5.74, 6) is -1.34. The Labute approximate surface area is 175 Å². The number of benzene rings is 1. The highest BCUT2D eigenvalue weighted by Crippen LogP contribution is 2.39. The molecule has 2 aromatic rings. The van der Waals surface area contributed by atoms with Gasteiger partial charge in [-0.25, -0.2) is 0 Å². The number of carbonyl (C=O) groups is 2. The number of hydrogen-bond acceptors (Lipinski definition) is 6. The monoisotopic (exact) mass is 414 g/mol. The molecule has 0 radical (unpaired) electrons. The molecule has 0 spiro atoms. The van der Waals surface area contributed by atoms with Gasteiger partial charge in [0, 0.05) is 26.3 Å². The molecule has 6 nitrogen and oxygen atoms in total. The van der Waals surface area contributed by atoms with E-state index in [-0.39, 0.29) is 24.0 Å². The Morgan fingerprint density at radius 1 is 1.24 bits per heavy atom. The van der Waals surface area contributed by atoms with Crippen LogP contribution in [0.25, 0.3) is 0 Å². The Morgan fingerprint density at radius 2 is 1.93 bits per heavy atom. The Kier molecular flexibility index (Phi) is 6.39. The molecule has 2 heterocycles. The van der Waals surface area contributed by atoms with Gasteiger partial charge in [-0.05, 0) is 43.0 Å². The molecule has 1 aromatic carbocycles. The van der Waals surface area contributed by atoms with Crippen LogP contribution in [0.1, 0.15) is 35.1 Å². The first-order valence-electron chi connectivity index (χ1n) is 9.52. The van der Waals surface area contributed by atoms with Crippen LogP contribution in [0.3, 0.4) is 0 Å². The van der Waals surface area contributed by atoms with Crippen LogP contribution in [-0.4, -0.2) is 55.0 Å². The predicted molar refractivity (Wildman–Crippen MR) is 115 cm³/mol. The van der Waals surface area contributed by atoms with Crippen LogP contribution in [0.15, 0.2) is 53.1 Å². The van der Waals surface area contributed by atoms with Crippen molar-refractivity contribution in [2.24, 2.45) is 0 Å². The van der Waals surface area contributed by atoms with Gasteiger partial charge in [0.25, 0.3) is 5.91 Å². The summed E-state index contributed by atoms with van der Waals surface area (Å²) in [5, 5.41) is 12.4. The van der Waals surface area contributed by atoms with Gasteiger partial charge in [0.05, 0.1) is 29.2 Å². The van der Waals surface area contributed by atoms with Crippen LogP contribution in [0, 0.1) is 0 Å². The van der Waals surface area contributed by atoms with Crippen LogP contribution in [0.5, 0.6) is 0 Å². The molecule has 29 heavy (non-hydrogen) atoms. The first-order valence-corrected chi connectivity index (χ1v) is 10.4. The Hall–Kier alpha value is -2.64. The summed E-state index contributed by atoms with van der Waals surface area (Å²) >= 11 is 1.29. The molecule has 1 atom stereocenters. The highest BCUT2D eigenvalue weighted by Gasteiger charge is 2.43. The topological polar surface area (TPSA) is 70.1 Å². The zero-order valence-electron chi connectivity index (χ0n) is 17.1. The van der Waals surface area contributed by atoms with E-state index < -0.39 is 17.7 Å². The number of thiophene rings is 1. The van der Waals surface area contributed by atoms with Crippen LogP contribution < -0.4 is 4.90 Å². The number of ether oxygens (including phenoxy) is 1. The summed E-state index contributed by atoms with van der Waals surface area (Å²) in [4.78, 5) is 29.9. The van der Waals surface area contributed by atoms with Gasteiger partial charge in [0.1, 0.15) is 0 Å². The number of aliphatic hydroxyl groups is 1. The molecule has 0 saturated carbocycles. The lowest BCUT2D eigenvalue weighted by Crippen LogP contribution is -2.34. The average Bonchev–Trinajstić information content (AvgIpc) is 3.30. The van der Waals surface area contributed by atoms with E-state index in [1.807, 2.05) is 57.1 Å². The van der Waals surface area contributed by atoms with Crippen molar-refractivity contribution in [3.05, 3.63) is 63.6 Å². The third-order valence-corrected chi connectivity index (χ3v) is 5.67. The second kappa shape index (κ2) is 8.80. The minimum atomic E-state index is -0.649. The van der Waals surface area contributed by atoms with Gasteiger partial charge in [-0.15, -0.1) is 11.3 Å². The summed E-state index contributed by atoms with van der Waals surface area (Å²) in [5.41, 5.74) is 1.91. The van der Waals surface area contributed by atoms with Crippen LogP contribution >= 0.6 is 11.3 Å². The lowest BCUT2D eigenvalue weighted by molar-refractivity contribution is -0.130. The molecule has 1 aliphatic heterocycles. The molecule has 3 rings (SSSR count). The van der Waals surface area contributed by atoms with Crippen LogP contribution in [-0.2, 0) is 9.53 Å². The number of carbonyl (C=O) groups excluding carboxylic acids is 2. The number of anilines is 1. The van der Waals surface area contributed by atoms with E-state index in [0.29, 0.717) is 11.5 Å². The normalized spacial score (nSPS) is 16.8. The van der Waals surface area contributed by atoms with Gasteiger partial charge in [-0.1, -0.05) is 18.2 Å². The van der Waals surface area contributed by atoms with Gasteiger partial charge in [0.2, 0.25) is 5.78 Å². The number of rotatable bonds is 8. The van der Waals surface area contributed by atoms with E-state index in [0.717, 1.165) is 11.3 Å². The molecule has 0 fully saturated rings. The Bertz CT molecular complexity index is 901. The molecule has 1 unspecified atom stereocenters. The molecule has 154 valence electrons. The average molecular weight is 415 g/mol. The number of nitrogens with zero attached hydrogens (tertiary/aromatic N) is 2. The zero-order valence-corrected chi connectivity index (χ0v) is 17.9. The number of amides is 1. The largest absolute Gasteiger partial charge is 0.503 e. The van der Waals surface area contributed by atoms with Crippen molar-refractivity contribution in [1.82, 2.24) is 4.90 Å². The molecule has 7 heteroatoms. The van der Waals surface area contributed by atoms with Crippen LogP contribution in [0.2, 0.25) is 0 Å². The number of ketones is 1. The number of aliphatic hydroxyl groups excluding tert-OH is 1. The second-order valence-corrected chi connectivity index (χ2v) is 8.32. The first kappa shape index (κ1) is 21.1. The van der Waals surface area contributed by atoms with Crippen molar-refractivity contribution >= 4 is 28.7 Å². The fourth-order valence-electron chi connectivity index (χ4n) is 3.34. The van der Waals surface area contributed by atoms with E-state index >= 15 is 0 Å². The smallest absolute Gasteiger partial charge is 0.290 e. The molecule has 1 N–H and O–H groups in total. The number of hydrogen-bond donors (Lipinski definition) is 1. The van der Waals surface area contributed by atoms with E-state index in [1.165, 1.54) is 16.2 Å². The van der Waals surface area contributed by atoms with Gasteiger partial charge in [-0.2, -0.15) is 0 Å². The predicted octanol–water partition coefficient (Wildman–Crippen LogP) is 3.82. The molecule has 1 aliphatic rings. The molecular formula is C22H26N2O4S. The molecule has 1 amide bonds. The van der Waals surface area contributed by atoms with Gasteiger partial charge in [0.15, 0.2) is 5.76 Å². The van der Waals surface area contributed by atoms with Crippen molar-refractivity contribution in [2.75, 3.05) is 32.1 Å². The quantitative estimate of drug-likeness (QED) is 0.665. The van der Waals surface area contributed by atoms with E-state index in [2.05, 4.69) is 0 Å². The lowest BCUT2D eigenvalue weighted by Gasteiger charge is -2.27. The zero-order chi connectivity index (χ0) is 21.1. The van der Waals surface area contributed by atoms with E-state index in [1.54, 1.807) is 17.5 Å². The third kappa shape index (κ3) is 4.36. The van der Waals surface area contributed by atoms with E-state index in [9.17, 15) is 14.7 Å². The van der Waals surface area contributed by atoms with Gasteiger partial charge >= 0.3 is 0 Å². The highest BCUT2D eigenvalue weighted by molar-refractivity contribution is 7.12. The molecule has 0 bridgehead atoms. The maximum Gasteiger partial charge on any atom is 0.290 e. The van der Waals surface area contributed by atoms with E-state index in [4.69, 9.17) is 4.74 Å². The first-order chi connectivity index (χ1) is 13.8. The molecular weight excluding hydrogens is 388 g/mol. The number of Topliss-reactive ketones (excluding diaryl/α,β-unsaturated/α-hetero) is 1. The molecule has 0 aliphatic carbocycles. The fraction of sp³-hybridized carbons (Fsp3) is 0.364. The summed E-state index contributed by atoms with van der Waals surface area (Å²) < 4.78 is 5.61. The summed E-state index contributed by atoms with van der Waals surface area (Å²) in [6, 6.07) is 10.5. The maximum atomic E-state index is 13.1. The third-order valence-electron chi connectivity index (χ3n) is 4.80. The van der Waals surface area contributed by atoms with Crippen LogP contribution in [0.4, 0.5) is 5.69 Å². The minimum Gasteiger partial charge on any atom is -0.503 e. The summed E-state index contributed by atoms with van der Waals surface area (Å²) in [6.45, 7) is 4.45. The minimum absolute atomic E-state index is 0.0271. The summed E-state index contributed by atoms with van der Waals surface area (Å²) in [6.07, 6.45) is 0.0271. The van der Waals surface area contributed by atoms with Crippen molar-refractivity contribution in [3.63, 3.8) is 0 Å². The van der Waals surface area contributed by atoms with Crippen molar-refractivity contribution < 1.29 is 19.4 Å². The molecule has 1 aromatic heterocycles. The standard InChI is InChI=1S/C22H26N2O4S/c1-14(2)28-12-11-24-19(15-7-9-16(10-8-15)23(3)4)18(21(26)22(24)27)20(25)17-6-5-13-29-17/h5-10,13-14,19,26H,11-12H2,1-4H3. The van der Waals surface area contributed by atoms with Crippen molar-refractivity contribution in [3.8, 4) is 0 Å². The fourth-order valence-corrected chi connectivity index (χ4v) is 4.02. The molecule has 0 saturated heterocycles. The van der Waals surface area contributed by atoms with Gasteiger partial charge < -0.3 is 19.6 Å². The second-order valence-electron chi connectivity index (χ2n) is 7.38. The SMILES string of the molecule is CC(C)OCCN1C(=O)C(O)=C(C(=O)c2cccs2)C1c1ccc(N(C)C)cc1. The lowest BCUT2D eigenvalue weighted by atomic mass is 9.95. The van der Waals surface area contributed by atoms with Gasteiger partial charge in [-0.3, -0.25) is 9.59 Å². The van der Waals surface area contributed by atoms with Crippen molar-refractivity contribution in [2.45, 2.75) is 26.0 Å². The maximum absolute atomic E-state index is 13.1.